The van der Waals surface area contributed by atoms with Crippen molar-refractivity contribution < 1.29 is 9.59 Å². The predicted molar refractivity (Wildman–Crippen MR) is 80.1 cm³/mol. The van der Waals surface area contributed by atoms with Crippen LogP contribution in [0, 0.1) is 5.92 Å². The van der Waals surface area contributed by atoms with Crippen molar-refractivity contribution >= 4 is 11.8 Å². The van der Waals surface area contributed by atoms with Crippen molar-refractivity contribution in [2.24, 2.45) is 11.7 Å². The largest absolute Gasteiger partial charge is 0.353 e. The quantitative estimate of drug-likeness (QED) is 0.739. The van der Waals surface area contributed by atoms with E-state index in [0.717, 1.165) is 19.3 Å². The van der Waals surface area contributed by atoms with Gasteiger partial charge in [-0.3, -0.25) is 9.59 Å². The molecule has 1 fully saturated rings. The first-order valence-corrected chi connectivity index (χ1v) is 7.89. The summed E-state index contributed by atoms with van der Waals surface area (Å²) < 4.78 is 0. The van der Waals surface area contributed by atoms with Gasteiger partial charge in [0.1, 0.15) is 0 Å². The zero-order valence-electron chi connectivity index (χ0n) is 12.9. The van der Waals surface area contributed by atoms with Crippen LogP contribution >= 0.6 is 0 Å². The number of nitrogens with two attached hydrogens (primary N) is 1. The van der Waals surface area contributed by atoms with Gasteiger partial charge in [-0.05, 0) is 39.2 Å². The molecule has 5 heteroatoms. The highest BCUT2D eigenvalue weighted by Gasteiger charge is 2.25. The van der Waals surface area contributed by atoms with E-state index in [1.54, 1.807) is 4.90 Å². The maximum Gasteiger partial charge on any atom is 0.223 e. The lowest BCUT2D eigenvalue weighted by molar-refractivity contribution is -0.133. The fourth-order valence-electron chi connectivity index (χ4n) is 2.91. The van der Waals surface area contributed by atoms with E-state index in [1.165, 1.54) is 6.42 Å². The topological polar surface area (TPSA) is 75.4 Å². The summed E-state index contributed by atoms with van der Waals surface area (Å²) in [6.45, 7) is 5.94. The number of nitrogens with zero attached hydrogens (tertiary/aromatic N) is 1. The van der Waals surface area contributed by atoms with Crippen LogP contribution in [0.25, 0.3) is 0 Å². The Hall–Kier alpha value is -1.10. The van der Waals surface area contributed by atoms with Crippen LogP contribution in [-0.4, -0.2) is 42.4 Å². The maximum atomic E-state index is 12.0. The fourth-order valence-corrected chi connectivity index (χ4v) is 2.91. The standard InChI is InChI=1S/C15H29N3O2/c1-3-18(4-2)15(20)10-9-14(19)17-13-8-6-5-7-12(13)11-16/h12-13H,3-11,16H2,1-2H3,(H,17,19). The number of carbonyl (C=O) groups is 2. The van der Waals surface area contributed by atoms with Crippen LogP contribution in [0.4, 0.5) is 0 Å². The average molecular weight is 283 g/mol. The molecular weight excluding hydrogens is 254 g/mol. The lowest BCUT2D eigenvalue weighted by atomic mass is 9.84. The van der Waals surface area contributed by atoms with Crippen LogP contribution in [0.15, 0.2) is 0 Å². The Morgan fingerprint density at radius 3 is 2.40 bits per heavy atom. The van der Waals surface area contributed by atoms with E-state index in [-0.39, 0.29) is 24.3 Å². The second-order valence-corrected chi connectivity index (χ2v) is 5.52. The zero-order chi connectivity index (χ0) is 15.0. The normalized spacial score (nSPS) is 22.4. The van der Waals surface area contributed by atoms with E-state index in [9.17, 15) is 9.59 Å². The highest BCUT2D eigenvalue weighted by atomic mass is 16.2. The summed E-state index contributed by atoms with van der Waals surface area (Å²) in [7, 11) is 0. The molecule has 2 atom stereocenters. The van der Waals surface area contributed by atoms with Gasteiger partial charge in [0.2, 0.25) is 11.8 Å². The van der Waals surface area contributed by atoms with Crippen molar-refractivity contribution in [3.63, 3.8) is 0 Å². The third-order valence-corrected chi connectivity index (χ3v) is 4.24. The molecule has 0 saturated heterocycles. The van der Waals surface area contributed by atoms with Gasteiger partial charge >= 0.3 is 0 Å². The van der Waals surface area contributed by atoms with Crippen LogP contribution in [0.2, 0.25) is 0 Å². The lowest BCUT2D eigenvalue weighted by Crippen LogP contribution is -2.45. The van der Waals surface area contributed by atoms with Crippen molar-refractivity contribution in [2.45, 2.75) is 58.4 Å². The van der Waals surface area contributed by atoms with Crippen molar-refractivity contribution in [1.82, 2.24) is 10.2 Å². The molecule has 2 unspecified atom stereocenters. The number of rotatable bonds is 7. The summed E-state index contributed by atoms with van der Waals surface area (Å²) in [5.41, 5.74) is 5.76. The number of nitrogens with one attached hydrogen (secondary N) is 1. The molecule has 1 saturated carbocycles. The zero-order valence-corrected chi connectivity index (χ0v) is 12.9. The number of amides is 2. The van der Waals surface area contributed by atoms with E-state index >= 15 is 0 Å². The second-order valence-electron chi connectivity index (χ2n) is 5.52. The monoisotopic (exact) mass is 283 g/mol. The minimum Gasteiger partial charge on any atom is -0.353 e. The summed E-state index contributed by atoms with van der Waals surface area (Å²) >= 11 is 0. The highest BCUT2D eigenvalue weighted by Crippen LogP contribution is 2.23. The van der Waals surface area contributed by atoms with Gasteiger partial charge in [0.25, 0.3) is 0 Å². The van der Waals surface area contributed by atoms with Gasteiger partial charge in [-0.2, -0.15) is 0 Å². The third kappa shape index (κ3) is 5.12. The van der Waals surface area contributed by atoms with Gasteiger partial charge in [0, 0.05) is 32.0 Å². The second kappa shape index (κ2) is 8.95. The summed E-state index contributed by atoms with van der Waals surface area (Å²) in [5.74, 6) is 0.436. The minimum absolute atomic E-state index is 0.0177. The SMILES string of the molecule is CCN(CC)C(=O)CCC(=O)NC1CCCCC1CN. The lowest BCUT2D eigenvalue weighted by Gasteiger charge is -2.31. The summed E-state index contributed by atoms with van der Waals surface area (Å²) in [4.78, 5) is 25.6. The first-order valence-electron chi connectivity index (χ1n) is 7.89. The van der Waals surface area contributed by atoms with Crippen LogP contribution in [0.3, 0.4) is 0 Å². The van der Waals surface area contributed by atoms with Crippen LogP contribution in [0.1, 0.15) is 52.4 Å². The predicted octanol–water partition coefficient (Wildman–Crippen LogP) is 1.27. The van der Waals surface area contributed by atoms with Crippen molar-refractivity contribution in [3.05, 3.63) is 0 Å². The fraction of sp³-hybridized carbons (Fsp3) is 0.867. The van der Waals surface area contributed by atoms with Crippen LogP contribution in [0.5, 0.6) is 0 Å². The molecule has 0 aliphatic heterocycles. The molecule has 0 radical (unpaired) electrons. The molecule has 0 aromatic heterocycles. The van der Waals surface area contributed by atoms with Gasteiger partial charge in [-0.25, -0.2) is 0 Å². The molecular formula is C15H29N3O2. The van der Waals surface area contributed by atoms with Gasteiger partial charge in [0.05, 0.1) is 0 Å². The molecule has 116 valence electrons. The minimum atomic E-state index is -0.0177. The smallest absolute Gasteiger partial charge is 0.223 e. The third-order valence-electron chi connectivity index (χ3n) is 4.24. The summed E-state index contributed by atoms with van der Waals surface area (Å²) in [6, 6.07) is 0.199. The van der Waals surface area contributed by atoms with Crippen LogP contribution < -0.4 is 11.1 Å². The summed E-state index contributed by atoms with van der Waals surface area (Å²) in [5, 5.41) is 3.06. The van der Waals surface area contributed by atoms with E-state index in [0.29, 0.717) is 32.0 Å². The Morgan fingerprint density at radius 2 is 1.80 bits per heavy atom. The molecule has 1 aliphatic rings. The first kappa shape index (κ1) is 17.0. The van der Waals surface area contributed by atoms with Crippen LogP contribution in [-0.2, 0) is 9.59 Å². The average Bonchev–Trinajstić information content (AvgIpc) is 2.47. The Bertz CT molecular complexity index is 316. The molecule has 2 amide bonds. The van der Waals surface area contributed by atoms with E-state index in [1.807, 2.05) is 13.8 Å². The number of hydrogen-bond donors (Lipinski definition) is 2. The molecule has 0 aromatic rings. The Kier molecular flexibility index (Phi) is 7.59. The van der Waals surface area contributed by atoms with E-state index in [2.05, 4.69) is 5.32 Å². The van der Waals surface area contributed by atoms with Gasteiger partial charge in [-0.15, -0.1) is 0 Å². The molecule has 0 heterocycles. The van der Waals surface area contributed by atoms with E-state index in [4.69, 9.17) is 5.73 Å². The number of carbonyl (C=O) groups excluding carboxylic acids is 2. The molecule has 1 rings (SSSR count). The summed E-state index contributed by atoms with van der Waals surface area (Å²) in [6.07, 6.45) is 5.04. The molecule has 0 aromatic carbocycles. The van der Waals surface area contributed by atoms with Gasteiger partial charge in [0.15, 0.2) is 0 Å². The maximum absolute atomic E-state index is 12.0. The number of hydrogen-bond acceptors (Lipinski definition) is 3. The van der Waals surface area contributed by atoms with Crippen molar-refractivity contribution in [1.29, 1.82) is 0 Å². The molecule has 5 nitrogen and oxygen atoms in total. The molecule has 3 N–H and O–H groups in total. The van der Waals surface area contributed by atoms with Crippen molar-refractivity contribution in [2.75, 3.05) is 19.6 Å². The highest BCUT2D eigenvalue weighted by molar-refractivity contribution is 5.83. The molecule has 1 aliphatic carbocycles. The molecule has 20 heavy (non-hydrogen) atoms. The van der Waals surface area contributed by atoms with E-state index < -0.39 is 0 Å². The molecule has 0 bridgehead atoms. The first-order chi connectivity index (χ1) is 9.62. The van der Waals surface area contributed by atoms with Gasteiger partial charge in [-0.1, -0.05) is 12.8 Å². The van der Waals surface area contributed by atoms with Gasteiger partial charge < -0.3 is 16.0 Å². The Labute approximate surface area is 122 Å². The Morgan fingerprint density at radius 1 is 1.15 bits per heavy atom. The Balaban J connectivity index is 2.34. The molecule has 0 spiro atoms. The van der Waals surface area contributed by atoms with Crippen molar-refractivity contribution in [3.8, 4) is 0 Å².